The Morgan fingerprint density at radius 1 is 1.19 bits per heavy atom. The number of nitrogens with one attached hydrogen (secondary N) is 1. The maximum atomic E-state index is 13.9. The van der Waals surface area contributed by atoms with E-state index in [1.165, 1.54) is 61.3 Å². The molecule has 0 aliphatic rings. The number of likely N-dealkylation sites (N-methyl/N-ethyl adjacent to an activating group) is 1. The number of benzene rings is 2. The zero-order valence-corrected chi connectivity index (χ0v) is 16.4. The van der Waals surface area contributed by atoms with E-state index in [1.807, 2.05) is 0 Å². The van der Waals surface area contributed by atoms with Gasteiger partial charge in [-0.25, -0.2) is 12.8 Å². The molecule has 0 fully saturated rings. The van der Waals surface area contributed by atoms with Crippen LogP contribution in [0.25, 0.3) is 0 Å². The van der Waals surface area contributed by atoms with Gasteiger partial charge in [-0.15, -0.1) is 0 Å². The summed E-state index contributed by atoms with van der Waals surface area (Å²) in [6.45, 7) is 1.33. The molecule has 0 aromatic heterocycles. The van der Waals surface area contributed by atoms with Gasteiger partial charge in [0.15, 0.2) is 0 Å². The van der Waals surface area contributed by atoms with Gasteiger partial charge >= 0.3 is 0 Å². The second-order valence-corrected chi connectivity index (χ2v) is 8.25. The lowest BCUT2D eigenvalue weighted by molar-refractivity contribution is -0.131. The van der Waals surface area contributed by atoms with Crippen LogP contribution in [-0.2, 0) is 21.4 Å². The Kier molecular flexibility index (Phi) is 6.63. The summed E-state index contributed by atoms with van der Waals surface area (Å²) < 4.78 is 40.8. The Balaban J connectivity index is 2.10. The lowest BCUT2D eigenvalue weighted by Gasteiger charge is -2.23. The molecule has 0 saturated carbocycles. The van der Waals surface area contributed by atoms with Crippen molar-refractivity contribution in [3.05, 3.63) is 63.9 Å². The van der Waals surface area contributed by atoms with Crippen molar-refractivity contribution in [3.8, 4) is 0 Å². The molecule has 1 atom stereocenters. The van der Waals surface area contributed by atoms with Gasteiger partial charge in [-0.2, -0.15) is 4.72 Å². The molecule has 0 heterocycles. The second-order valence-electron chi connectivity index (χ2n) is 5.69. The summed E-state index contributed by atoms with van der Waals surface area (Å²) in [7, 11) is -2.46. The number of hydrogen-bond acceptors (Lipinski definition) is 3. The molecule has 140 valence electrons. The van der Waals surface area contributed by atoms with Gasteiger partial charge in [0.25, 0.3) is 0 Å². The van der Waals surface area contributed by atoms with Gasteiger partial charge in [-0.1, -0.05) is 29.3 Å². The fourth-order valence-corrected chi connectivity index (χ4v) is 3.84. The van der Waals surface area contributed by atoms with Crippen molar-refractivity contribution in [2.75, 3.05) is 7.05 Å². The summed E-state index contributed by atoms with van der Waals surface area (Å²) in [5.41, 5.74) is 0.165. The summed E-state index contributed by atoms with van der Waals surface area (Å²) in [4.78, 5) is 13.6. The van der Waals surface area contributed by atoms with E-state index < -0.39 is 27.8 Å². The summed E-state index contributed by atoms with van der Waals surface area (Å²) in [5.74, 6) is -1.06. The van der Waals surface area contributed by atoms with Crippen molar-refractivity contribution < 1.29 is 17.6 Å². The molecule has 1 amide bonds. The maximum absolute atomic E-state index is 13.9. The molecule has 0 radical (unpaired) electrons. The second kappa shape index (κ2) is 8.35. The predicted octanol–water partition coefficient (Wildman–Crippen LogP) is 3.46. The molecule has 0 aliphatic carbocycles. The highest BCUT2D eigenvalue weighted by atomic mass is 35.5. The third-order valence-electron chi connectivity index (χ3n) is 3.66. The SMILES string of the molecule is CC(NS(=O)(=O)c1ccc(Cl)cc1)C(=O)N(C)Cc1c(F)cccc1Cl. The van der Waals surface area contributed by atoms with E-state index in [-0.39, 0.29) is 22.0 Å². The van der Waals surface area contributed by atoms with Crippen LogP contribution in [0.2, 0.25) is 10.0 Å². The summed E-state index contributed by atoms with van der Waals surface area (Å²) in [5, 5.41) is 0.591. The van der Waals surface area contributed by atoms with E-state index in [4.69, 9.17) is 23.2 Å². The summed E-state index contributed by atoms with van der Waals surface area (Å²) in [6.07, 6.45) is 0. The Morgan fingerprint density at radius 2 is 1.81 bits per heavy atom. The van der Waals surface area contributed by atoms with E-state index in [1.54, 1.807) is 0 Å². The smallest absolute Gasteiger partial charge is 0.241 e. The van der Waals surface area contributed by atoms with E-state index in [9.17, 15) is 17.6 Å². The third kappa shape index (κ3) is 4.94. The topological polar surface area (TPSA) is 66.5 Å². The van der Waals surface area contributed by atoms with Crippen LogP contribution in [0.4, 0.5) is 4.39 Å². The number of hydrogen-bond donors (Lipinski definition) is 1. The van der Waals surface area contributed by atoms with E-state index in [2.05, 4.69) is 4.72 Å². The number of sulfonamides is 1. The average Bonchev–Trinajstić information content (AvgIpc) is 2.57. The number of rotatable bonds is 6. The molecule has 0 bridgehead atoms. The van der Waals surface area contributed by atoms with Gasteiger partial charge < -0.3 is 4.90 Å². The molecular formula is C17H17Cl2FN2O3S. The Morgan fingerprint density at radius 3 is 2.38 bits per heavy atom. The lowest BCUT2D eigenvalue weighted by Crippen LogP contribution is -2.45. The molecule has 9 heteroatoms. The van der Waals surface area contributed by atoms with Crippen LogP contribution in [0, 0.1) is 5.82 Å². The van der Waals surface area contributed by atoms with Crippen LogP contribution in [-0.4, -0.2) is 32.3 Å². The van der Waals surface area contributed by atoms with Crippen molar-refractivity contribution >= 4 is 39.1 Å². The average molecular weight is 419 g/mol. The minimum Gasteiger partial charge on any atom is -0.340 e. The molecule has 26 heavy (non-hydrogen) atoms. The predicted molar refractivity (Wildman–Crippen MR) is 99.1 cm³/mol. The molecule has 2 aromatic carbocycles. The molecule has 5 nitrogen and oxygen atoms in total. The van der Waals surface area contributed by atoms with E-state index in [0.29, 0.717) is 5.02 Å². The van der Waals surface area contributed by atoms with Crippen molar-refractivity contribution in [2.45, 2.75) is 24.4 Å². The van der Waals surface area contributed by atoms with Crippen LogP contribution in [0.5, 0.6) is 0 Å². The Labute approximate surface area is 161 Å². The number of halogens is 3. The molecule has 1 unspecified atom stereocenters. The van der Waals surface area contributed by atoms with E-state index >= 15 is 0 Å². The number of amides is 1. The largest absolute Gasteiger partial charge is 0.340 e. The molecule has 2 aromatic rings. The van der Waals surface area contributed by atoms with Crippen LogP contribution in [0.1, 0.15) is 12.5 Å². The normalized spacial score (nSPS) is 12.7. The Hall–Kier alpha value is -1.67. The standard InChI is InChI=1S/C17H17Cl2FN2O3S/c1-11(21-26(24,25)13-8-6-12(18)7-9-13)17(23)22(2)10-14-15(19)4-3-5-16(14)20/h3-9,11,21H,10H2,1-2H3. The van der Waals surface area contributed by atoms with Gasteiger partial charge in [0.05, 0.1) is 10.9 Å². The van der Waals surface area contributed by atoms with Gasteiger partial charge in [-0.3, -0.25) is 4.79 Å². The summed E-state index contributed by atoms with van der Waals surface area (Å²) in [6, 6.07) is 8.73. The monoisotopic (exact) mass is 418 g/mol. The van der Waals surface area contributed by atoms with Gasteiger partial charge in [0.2, 0.25) is 15.9 Å². The van der Waals surface area contributed by atoms with Gasteiger partial charge in [-0.05, 0) is 43.3 Å². The van der Waals surface area contributed by atoms with Crippen molar-refractivity contribution in [1.29, 1.82) is 0 Å². The Bertz CT molecular complexity index is 884. The van der Waals surface area contributed by atoms with Crippen molar-refractivity contribution in [1.82, 2.24) is 9.62 Å². The minimum atomic E-state index is -3.90. The third-order valence-corrected chi connectivity index (χ3v) is 5.82. The molecular weight excluding hydrogens is 402 g/mol. The minimum absolute atomic E-state index is 0.0126. The van der Waals surface area contributed by atoms with Crippen LogP contribution >= 0.6 is 23.2 Å². The molecule has 0 spiro atoms. The highest BCUT2D eigenvalue weighted by Crippen LogP contribution is 2.21. The first-order valence-corrected chi connectivity index (χ1v) is 9.81. The number of nitrogens with zero attached hydrogens (tertiary/aromatic N) is 1. The fourth-order valence-electron chi connectivity index (χ4n) is 2.29. The quantitative estimate of drug-likeness (QED) is 0.780. The number of carbonyl (C=O) groups is 1. The zero-order valence-electron chi connectivity index (χ0n) is 14.0. The van der Waals surface area contributed by atoms with Crippen LogP contribution in [0.3, 0.4) is 0 Å². The summed E-state index contributed by atoms with van der Waals surface area (Å²) >= 11 is 11.7. The maximum Gasteiger partial charge on any atom is 0.241 e. The lowest BCUT2D eigenvalue weighted by atomic mass is 10.2. The van der Waals surface area contributed by atoms with Crippen molar-refractivity contribution in [2.24, 2.45) is 0 Å². The molecule has 0 aliphatic heterocycles. The van der Waals surface area contributed by atoms with Crippen molar-refractivity contribution in [3.63, 3.8) is 0 Å². The van der Waals surface area contributed by atoms with Gasteiger partial charge in [0, 0.05) is 29.2 Å². The van der Waals surface area contributed by atoms with Crippen LogP contribution < -0.4 is 4.72 Å². The fraction of sp³-hybridized carbons (Fsp3) is 0.235. The highest BCUT2D eigenvalue weighted by molar-refractivity contribution is 7.89. The first-order chi connectivity index (χ1) is 12.1. The van der Waals surface area contributed by atoms with Gasteiger partial charge in [0.1, 0.15) is 5.82 Å². The first kappa shape index (κ1) is 20.6. The van der Waals surface area contributed by atoms with Crippen LogP contribution in [0.15, 0.2) is 47.4 Å². The first-order valence-electron chi connectivity index (χ1n) is 7.57. The molecule has 2 rings (SSSR count). The van der Waals surface area contributed by atoms with E-state index in [0.717, 1.165) is 0 Å². The molecule has 0 saturated heterocycles. The highest BCUT2D eigenvalue weighted by Gasteiger charge is 2.25. The molecule has 1 N–H and O–H groups in total. The zero-order chi connectivity index (χ0) is 19.5. The number of carbonyl (C=O) groups excluding carboxylic acids is 1.